The van der Waals surface area contributed by atoms with E-state index >= 15 is 0 Å². The first kappa shape index (κ1) is 18.7. The molecule has 2 atom stereocenters. The van der Waals surface area contributed by atoms with Crippen molar-refractivity contribution >= 4 is 24.0 Å². The smallest absolute Gasteiger partial charge is 0.373 e. The van der Waals surface area contributed by atoms with E-state index in [1.807, 2.05) is 0 Å². The number of benzene rings is 1. The van der Waals surface area contributed by atoms with Crippen molar-refractivity contribution in [2.75, 3.05) is 18.4 Å². The highest BCUT2D eigenvalue weighted by atomic mass is 19.1. The highest BCUT2D eigenvalue weighted by Gasteiger charge is 2.35. The molecule has 0 saturated carbocycles. The topological polar surface area (TPSA) is 78.1 Å². The van der Waals surface area contributed by atoms with Crippen molar-refractivity contribution in [3.05, 3.63) is 59.1 Å². The van der Waals surface area contributed by atoms with Crippen LogP contribution >= 0.6 is 0 Å². The van der Waals surface area contributed by atoms with Gasteiger partial charge in [-0.1, -0.05) is 0 Å². The molecule has 2 amide bonds. The molecule has 1 aromatic heterocycles. The lowest BCUT2D eigenvalue weighted by molar-refractivity contribution is 0.151. The van der Waals surface area contributed by atoms with Crippen LogP contribution in [0.4, 0.5) is 25.3 Å². The van der Waals surface area contributed by atoms with E-state index in [4.69, 9.17) is 6.57 Å². The summed E-state index contributed by atoms with van der Waals surface area (Å²) in [5.41, 5.74) is 0.370. The molecule has 4 rings (SSSR count). The molecule has 0 spiro atoms. The monoisotopic (exact) mass is 397 g/mol. The lowest BCUT2D eigenvalue weighted by Crippen LogP contribution is -2.40. The first-order valence-corrected chi connectivity index (χ1v) is 9.07. The fourth-order valence-corrected chi connectivity index (χ4v) is 3.53. The van der Waals surface area contributed by atoms with E-state index in [1.54, 1.807) is 17.2 Å². The van der Waals surface area contributed by atoms with Gasteiger partial charge in [-0.3, -0.25) is 0 Å². The first-order valence-electron chi connectivity index (χ1n) is 9.07. The maximum absolute atomic E-state index is 13.6. The summed E-state index contributed by atoms with van der Waals surface area (Å²) in [7, 11) is 0. The number of likely N-dealkylation sites (tertiary alicyclic amines) is 1. The van der Waals surface area contributed by atoms with Crippen LogP contribution in [0.1, 0.15) is 24.4 Å². The van der Waals surface area contributed by atoms with Gasteiger partial charge in [-0.05, 0) is 24.1 Å². The zero-order valence-corrected chi connectivity index (χ0v) is 15.3. The second-order valence-corrected chi connectivity index (χ2v) is 6.81. The van der Waals surface area contributed by atoms with Gasteiger partial charge in [0.25, 0.3) is 0 Å². The molecule has 8 nitrogen and oxygen atoms in total. The predicted octanol–water partition coefficient (Wildman–Crippen LogP) is 3.34. The Kier molecular flexibility index (Phi) is 5.03. The van der Waals surface area contributed by atoms with Crippen molar-refractivity contribution < 1.29 is 13.6 Å². The lowest BCUT2D eigenvalue weighted by atomic mass is 10.0. The summed E-state index contributed by atoms with van der Waals surface area (Å²) in [6, 6.07) is 4.02. The number of aromatic nitrogens is 2. The van der Waals surface area contributed by atoms with Crippen molar-refractivity contribution in [2.45, 2.75) is 24.9 Å². The summed E-state index contributed by atoms with van der Waals surface area (Å²) < 4.78 is 27.2. The maximum Gasteiger partial charge on any atom is 0.373 e. The predicted molar refractivity (Wildman–Crippen MR) is 101 cm³/mol. The van der Waals surface area contributed by atoms with Crippen molar-refractivity contribution in [3.8, 4) is 0 Å². The standard InChI is InChI=1S/C19H17F2N7O/c1-22-18-23-5-3-17(26-18)25-15-4-7-27(11-15)19(29)28-16(2-6-24-28)12-8-13(20)10-14(21)9-12/h3,5-6,8-10,15-16H,2,4,7,11H2,(H,23,25,26)/t15-,16+/m1/s1. The molecule has 1 aromatic carbocycles. The summed E-state index contributed by atoms with van der Waals surface area (Å²) >= 11 is 0. The molecule has 2 aromatic rings. The lowest BCUT2D eigenvalue weighted by Gasteiger charge is -2.27. The Morgan fingerprint density at radius 3 is 2.83 bits per heavy atom. The minimum Gasteiger partial charge on any atom is -0.394 e. The van der Waals surface area contributed by atoms with Gasteiger partial charge in [0.05, 0.1) is 12.2 Å². The molecule has 1 saturated heterocycles. The molecule has 29 heavy (non-hydrogen) atoms. The SMILES string of the molecule is [C-]#[N+]c1nccc(N[C@@H]2CCN(C(=O)N3N=CC[C@H]3c3cc(F)cc(F)c3)C2)n1. The molecule has 148 valence electrons. The number of carbonyl (C=O) groups excluding carboxylic acids is 1. The Hall–Kier alpha value is -3.61. The number of hydrogen-bond donors (Lipinski definition) is 1. The third-order valence-electron chi connectivity index (χ3n) is 4.85. The summed E-state index contributed by atoms with van der Waals surface area (Å²) in [6.45, 7) is 7.91. The largest absolute Gasteiger partial charge is 0.394 e. The number of carbonyl (C=O) groups is 1. The average molecular weight is 397 g/mol. The van der Waals surface area contributed by atoms with Crippen molar-refractivity contribution in [3.63, 3.8) is 0 Å². The van der Waals surface area contributed by atoms with E-state index < -0.39 is 17.7 Å². The molecular formula is C19H17F2N7O. The minimum atomic E-state index is -0.687. The van der Waals surface area contributed by atoms with Gasteiger partial charge >= 0.3 is 12.0 Å². The second-order valence-electron chi connectivity index (χ2n) is 6.81. The second kappa shape index (κ2) is 7.79. The number of hydrazone groups is 1. The third kappa shape index (κ3) is 3.99. The van der Waals surface area contributed by atoms with Crippen LogP contribution in [-0.2, 0) is 0 Å². The number of amides is 2. The normalized spacial score (nSPS) is 20.7. The molecule has 1 N–H and O–H groups in total. The highest BCUT2D eigenvalue weighted by molar-refractivity contribution is 5.79. The average Bonchev–Trinajstić information content (AvgIpc) is 3.36. The maximum atomic E-state index is 13.6. The van der Waals surface area contributed by atoms with Gasteiger partial charge in [0, 0.05) is 43.9 Å². The van der Waals surface area contributed by atoms with E-state index in [1.165, 1.54) is 23.3 Å². The molecule has 0 radical (unpaired) electrons. The van der Waals surface area contributed by atoms with Crippen LogP contribution in [0.5, 0.6) is 0 Å². The zero-order chi connectivity index (χ0) is 20.4. The summed E-state index contributed by atoms with van der Waals surface area (Å²) in [5, 5.41) is 8.61. The van der Waals surface area contributed by atoms with Crippen molar-refractivity contribution in [1.82, 2.24) is 19.9 Å². The minimum absolute atomic E-state index is 0.0379. The quantitative estimate of drug-likeness (QED) is 0.806. The zero-order valence-electron chi connectivity index (χ0n) is 15.3. The Balaban J connectivity index is 1.43. The summed E-state index contributed by atoms with van der Waals surface area (Å²) in [5.74, 6) is -0.795. The van der Waals surface area contributed by atoms with Crippen molar-refractivity contribution in [1.29, 1.82) is 0 Å². The number of urea groups is 1. The first-order chi connectivity index (χ1) is 14.0. The van der Waals surface area contributed by atoms with E-state index in [0.29, 0.717) is 37.3 Å². The van der Waals surface area contributed by atoms with Crippen LogP contribution in [0.3, 0.4) is 0 Å². The van der Waals surface area contributed by atoms with Crippen LogP contribution in [0, 0.1) is 18.2 Å². The van der Waals surface area contributed by atoms with Crippen LogP contribution < -0.4 is 5.32 Å². The van der Waals surface area contributed by atoms with Gasteiger partial charge in [0.2, 0.25) is 0 Å². The van der Waals surface area contributed by atoms with Gasteiger partial charge in [0.15, 0.2) is 5.82 Å². The van der Waals surface area contributed by atoms with Gasteiger partial charge in [-0.2, -0.15) is 10.1 Å². The fourth-order valence-electron chi connectivity index (χ4n) is 3.53. The summed E-state index contributed by atoms with van der Waals surface area (Å²) in [6.07, 6.45) is 4.16. The molecule has 0 bridgehead atoms. The Morgan fingerprint density at radius 2 is 2.07 bits per heavy atom. The van der Waals surface area contributed by atoms with Gasteiger partial charge < -0.3 is 15.1 Å². The Labute approximate surface area is 165 Å². The van der Waals surface area contributed by atoms with Gasteiger partial charge in [-0.25, -0.2) is 18.6 Å². The number of rotatable bonds is 3. The van der Waals surface area contributed by atoms with E-state index in [0.717, 1.165) is 6.07 Å². The Bertz CT molecular complexity index is 986. The molecular weight excluding hydrogens is 380 g/mol. The molecule has 2 aliphatic heterocycles. The number of nitrogens with zero attached hydrogens (tertiary/aromatic N) is 6. The van der Waals surface area contributed by atoms with Crippen LogP contribution in [0.25, 0.3) is 4.85 Å². The Morgan fingerprint density at radius 1 is 1.28 bits per heavy atom. The summed E-state index contributed by atoms with van der Waals surface area (Å²) in [4.78, 5) is 25.7. The number of anilines is 1. The van der Waals surface area contributed by atoms with Crippen LogP contribution in [-0.4, -0.2) is 51.3 Å². The van der Waals surface area contributed by atoms with Gasteiger partial charge in [0.1, 0.15) is 11.6 Å². The molecule has 2 aliphatic rings. The molecule has 1 fully saturated rings. The van der Waals surface area contributed by atoms with E-state index in [2.05, 4.69) is 25.2 Å². The fraction of sp³-hybridized carbons (Fsp3) is 0.316. The van der Waals surface area contributed by atoms with Crippen LogP contribution in [0.15, 0.2) is 35.6 Å². The number of halogens is 2. The number of hydrogen-bond acceptors (Lipinski definition) is 5. The molecule has 0 unspecified atom stereocenters. The highest BCUT2D eigenvalue weighted by Crippen LogP contribution is 2.31. The molecule has 3 heterocycles. The van der Waals surface area contributed by atoms with E-state index in [-0.39, 0.29) is 18.0 Å². The van der Waals surface area contributed by atoms with Crippen molar-refractivity contribution in [2.24, 2.45) is 5.10 Å². The molecule has 0 aliphatic carbocycles. The number of nitrogens with one attached hydrogen (secondary N) is 1. The molecule has 10 heteroatoms. The third-order valence-corrected chi connectivity index (χ3v) is 4.85. The van der Waals surface area contributed by atoms with E-state index in [9.17, 15) is 13.6 Å². The van der Waals surface area contributed by atoms with Gasteiger partial charge in [-0.15, -0.1) is 11.6 Å². The van der Waals surface area contributed by atoms with Crippen LogP contribution in [0.2, 0.25) is 0 Å².